The number of Topliss-reactive ketones (excluding diaryl/α,β-unsaturated/α-hetero) is 1. The van der Waals surface area contributed by atoms with Crippen LogP contribution in [0.1, 0.15) is 17.4 Å². The van der Waals surface area contributed by atoms with Gasteiger partial charge in [0.1, 0.15) is 18.9 Å². The topological polar surface area (TPSA) is 48.4 Å². The van der Waals surface area contributed by atoms with Gasteiger partial charge in [-0.25, -0.2) is 0 Å². The zero-order chi connectivity index (χ0) is 11.8. The maximum absolute atomic E-state index is 11.5. The number of benzene rings is 1. The van der Waals surface area contributed by atoms with E-state index in [4.69, 9.17) is 9.47 Å². The highest BCUT2D eigenvalue weighted by Gasteiger charge is 2.15. The normalized spacial score (nSPS) is 13.7. The molecule has 0 amide bonds. The second-order valence-electron chi connectivity index (χ2n) is 3.93. The molecule has 0 aliphatic carbocycles. The van der Waals surface area contributed by atoms with Gasteiger partial charge in [-0.05, 0) is 23.6 Å². The van der Waals surface area contributed by atoms with E-state index in [0.29, 0.717) is 24.7 Å². The van der Waals surface area contributed by atoms with Crippen molar-refractivity contribution in [2.24, 2.45) is 0 Å². The molecule has 1 aliphatic heterocycles. The predicted molar refractivity (Wildman–Crippen MR) is 62.7 cm³/mol. The van der Waals surface area contributed by atoms with Crippen molar-refractivity contribution < 1.29 is 14.3 Å². The van der Waals surface area contributed by atoms with Crippen molar-refractivity contribution in [2.45, 2.75) is 6.92 Å². The molecule has 0 radical (unpaired) electrons. The van der Waals surface area contributed by atoms with Gasteiger partial charge < -0.3 is 9.47 Å². The highest BCUT2D eigenvalue weighted by Crippen LogP contribution is 2.35. The van der Waals surface area contributed by atoms with Crippen molar-refractivity contribution in [2.75, 3.05) is 13.2 Å². The van der Waals surface area contributed by atoms with Gasteiger partial charge in [0.15, 0.2) is 17.3 Å². The molecule has 2 aromatic rings. The van der Waals surface area contributed by atoms with E-state index in [1.807, 2.05) is 18.2 Å². The zero-order valence-electron chi connectivity index (χ0n) is 9.40. The summed E-state index contributed by atoms with van der Waals surface area (Å²) in [6.45, 7) is 2.61. The lowest BCUT2D eigenvalue weighted by molar-refractivity contribution is 0.101. The highest BCUT2D eigenvalue weighted by atomic mass is 16.6. The van der Waals surface area contributed by atoms with Gasteiger partial charge in [0.2, 0.25) is 0 Å². The number of ketones is 1. The monoisotopic (exact) mass is 229 g/mol. The van der Waals surface area contributed by atoms with Crippen LogP contribution < -0.4 is 9.47 Å². The van der Waals surface area contributed by atoms with Gasteiger partial charge in [0.05, 0.1) is 0 Å². The lowest BCUT2D eigenvalue weighted by Crippen LogP contribution is -2.15. The summed E-state index contributed by atoms with van der Waals surface area (Å²) in [6, 6.07) is 5.57. The number of carbonyl (C=O) groups is 1. The van der Waals surface area contributed by atoms with Crippen LogP contribution in [0.4, 0.5) is 0 Å². The molecule has 0 bridgehead atoms. The Morgan fingerprint density at radius 1 is 1.24 bits per heavy atom. The van der Waals surface area contributed by atoms with Crippen molar-refractivity contribution in [3.63, 3.8) is 0 Å². The Kier molecular flexibility index (Phi) is 2.21. The van der Waals surface area contributed by atoms with E-state index >= 15 is 0 Å². The summed E-state index contributed by atoms with van der Waals surface area (Å²) < 4.78 is 11.0. The second-order valence-corrected chi connectivity index (χ2v) is 3.93. The lowest BCUT2D eigenvalue weighted by atomic mass is 10.1. The summed E-state index contributed by atoms with van der Waals surface area (Å²) in [6.07, 6.45) is 1.63. The molecule has 4 nitrogen and oxygen atoms in total. The number of aromatic nitrogens is 1. The van der Waals surface area contributed by atoms with E-state index in [2.05, 4.69) is 4.98 Å². The molecule has 0 N–H and O–H groups in total. The van der Waals surface area contributed by atoms with Crippen LogP contribution in [0.5, 0.6) is 11.5 Å². The fourth-order valence-electron chi connectivity index (χ4n) is 1.99. The van der Waals surface area contributed by atoms with Crippen LogP contribution in [-0.2, 0) is 0 Å². The Balaban J connectivity index is 2.30. The smallest absolute Gasteiger partial charge is 0.178 e. The number of rotatable bonds is 1. The fraction of sp³-hybridized carbons (Fsp3) is 0.231. The number of pyridine rings is 1. The molecule has 0 spiro atoms. The van der Waals surface area contributed by atoms with E-state index in [1.165, 1.54) is 6.92 Å². The number of fused-ring (bicyclic) bond motifs is 2. The third kappa shape index (κ3) is 1.62. The van der Waals surface area contributed by atoms with E-state index in [1.54, 1.807) is 6.20 Å². The summed E-state index contributed by atoms with van der Waals surface area (Å²) >= 11 is 0. The molecule has 4 heteroatoms. The first-order valence-corrected chi connectivity index (χ1v) is 5.45. The maximum Gasteiger partial charge on any atom is 0.178 e. The van der Waals surface area contributed by atoms with Gasteiger partial charge in [0, 0.05) is 18.5 Å². The Labute approximate surface area is 98.2 Å². The minimum absolute atomic E-state index is 0.0488. The summed E-state index contributed by atoms with van der Waals surface area (Å²) in [5.74, 6) is 1.36. The predicted octanol–water partition coefficient (Wildman–Crippen LogP) is 2.21. The highest BCUT2D eigenvalue weighted by molar-refractivity contribution is 6.05. The molecule has 86 valence electrons. The van der Waals surface area contributed by atoms with Gasteiger partial charge in [0.25, 0.3) is 0 Å². The van der Waals surface area contributed by atoms with Gasteiger partial charge in [-0.3, -0.25) is 9.78 Å². The molecule has 0 atom stereocenters. The van der Waals surface area contributed by atoms with Crippen molar-refractivity contribution in [1.29, 1.82) is 0 Å². The van der Waals surface area contributed by atoms with Crippen LogP contribution >= 0.6 is 0 Å². The minimum Gasteiger partial charge on any atom is -0.486 e. The summed E-state index contributed by atoms with van der Waals surface area (Å²) in [7, 11) is 0. The number of hydrogen-bond acceptors (Lipinski definition) is 4. The third-order valence-electron chi connectivity index (χ3n) is 2.76. The summed E-state index contributed by atoms with van der Waals surface area (Å²) in [4.78, 5) is 15.6. The number of ether oxygens (including phenoxy) is 2. The van der Waals surface area contributed by atoms with Crippen LogP contribution in [-0.4, -0.2) is 24.0 Å². The quantitative estimate of drug-likeness (QED) is 0.703. The zero-order valence-corrected chi connectivity index (χ0v) is 9.40. The number of nitrogens with zero attached hydrogens (tertiary/aromatic N) is 1. The van der Waals surface area contributed by atoms with Crippen molar-refractivity contribution in [3.05, 3.63) is 30.1 Å². The minimum atomic E-state index is -0.0488. The first kappa shape index (κ1) is 10.1. The van der Waals surface area contributed by atoms with Crippen molar-refractivity contribution >= 4 is 16.6 Å². The van der Waals surface area contributed by atoms with Crippen LogP contribution in [0.25, 0.3) is 10.8 Å². The van der Waals surface area contributed by atoms with Gasteiger partial charge in [-0.15, -0.1) is 0 Å². The van der Waals surface area contributed by atoms with Gasteiger partial charge >= 0.3 is 0 Å². The molecular weight excluding hydrogens is 218 g/mol. The van der Waals surface area contributed by atoms with E-state index in [-0.39, 0.29) is 5.78 Å². The average Bonchev–Trinajstić information content (AvgIpc) is 2.35. The summed E-state index contributed by atoms with van der Waals surface area (Å²) in [5.41, 5.74) is 0.472. The molecule has 1 aliphatic rings. The standard InChI is InChI=1S/C13H11NO3/c1-8(15)13-10-7-12-11(16-4-5-17-12)6-9(10)2-3-14-13/h2-3,6-7H,4-5H2,1H3. The lowest BCUT2D eigenvalue weighted by Gasteiger charge is -2.19. The van der Waals surface area contributed by atoms with Crippen LogP contribution in [0, 0.1) is 0 Å². The first-order chi connectivity index (χ1) is 8.25. The van der Waals surface area contributed by atoms with Crippen molar-refractivity contribution in [3.8, 4) is 11.5 Å². The third-order valence-corrected chi connectivity index (χ3v) is 2.76. The van der Waals surface area contributed by atoms with E-state index in [9.17, 15) is 4.79 Å². The van der Waals surface area contributed by atoms with Crippen LogP contribution in [0.2, 0.25) is 0 Å². The number of hydrogen-bond donors (Lipinski definition) is 0. The largest absolute Gasteiger partial charge is 0.486 e. The van der Waals surface area contributed by atoms with Gasteiger partial charge in [-0.2, -0.15) is 0 Å². The molecule has 3 rings (SSSR count). The Bertz CT molecular complexity index is 607. The molecular formula is C13H11NO3. The molecule has 0 saturated carbocycles. The average molecular weight is 229 g/mol. The maximum atomic E-state index is 11.5. The Hall–Kier alpha value is -2.10. The molecule has 17 heavy (non-hydrogen) atoms. The summed E-state index contributed by atoms with van der Waals surface area (Å²) in [5, 5.41) is 1.75. The first-order valence-electron chi connectivity index (χ1n) is 5.45. The van der Waals surface area contributed by atoms with Crippen molar-refractivity contribution in [1.82, 2.24) is 4.98 Å². The Morgan fingerprint density at radius 3 is 2.65 bits per heavy atom. The Morgan fingerprint density at radius 2 is 1.94 bits per heavy atom. The fourth-order valence-corrected chi connectivity index (χ4v) is 1.99. The molecule has 0 saturated heterocycles. The van der Waals surface area contributed by atoms with Crippen LogP contribution in [0.15, 0.2) is 24.4 Å². The van der Waals surface area contributed by atoms with E-state index in [0.717, 1.165) is 16.5 Å². The molecule has 1 aromatic carbocycles. The molecule has 2 heterocycles. The van der Waals surface area contributed by atoms with E-state index < -0.39 is 0 Å². The van der Waals surface area contributed by atoms with Gasteiger partial charge in [-0.1, -0.05) is 0 Å². The van der Waals surface area contributed by atoms with Crippen LogP contribution in [0.3, 0.4) is 0 Å². The molecule has 0 fully saturated rings. The number of carbonyl (C=O) groups excluding carboxylic acids is 1. The second kappa shape index (κ2) is 3.73. The SMILES string of the molecule is CC(=O)c1nccc2cc3c(cc12)OCCO3. The molecule has 1 aromatic heterocycles. The molecule has 0 unspecified atom stereocenters.